The summed E-state index contributed by atoms with van der Waals surface area (Å²) in [5, 5.41) is 3.50. The Morgan fingerprint density at radius 3 is 2.31 bits per heavy atom. The fourth-order valence-corrected chi connectivity index (χ4v) is 1.96. The highest BCUT2D eigenvalue weighted by atomic mass is 35.5. The highest BCUT2D eigenvalue weighted by molar-refractivity contribution is 5.85. The molecule has 0 aromatic carbocycles. The van der Waals surface area contributed by atoms with Crippen molar-refractivity contribution in [1.29, 1.82) is 0 Å². The van der Waals surface area contributed by atoms with Gasteiger partial charge in [-0.25, -0.2) is 0 Å². The normalized spacial score (nSPS) is 34.6. The molecule has 0 aromatic heterocycles. The van der Waals surface area contributed by atoms with Gasteiger partial charge >= 0.3 is 0 Å². The highest BCUT2D eigenvalue weighted by Gasteiger charge is 2.34. The van der Waals surface area contributed by atoms with Gasteiger partial charge in [0.15, 0.2) is 0 Å². The maximum atomic E-state index is 3.50. The van der Waals surface area contributed by atoms with E-state index >= 15 is 0 Å². The summed E-state index contributed by atoms with van der Waals surface area (Å²) in [6.45, 7) is 7.04. The van der Waals surface area contributed by atoms with Crippen molar-refractivity contribution in [2.45, 2.75) is 44.8 Å². The van der Waals surface area contributed by atoms with Gasteiger partial charge in [0.2, 0.25) is 0 Å². The molecule has 80 valence electrons. The van der Waals surface area contributed by atoms with Gasteiger partial charge < -0.3 is 5.32 Å². The molecule has 1 heterocycles. The molecule has 1 N–H and O–H groups in total. The topological polar surface area (TPSA) is 15.3 Å². The van der Waals surface area contributed by atoms with Gasteiger partial charge in [-0.05, 0) is 26.7 Å². The van der Waals surface area contributed by atoms with Crippen molar-refractivity contribution in [3.63, 3.8) is 0 Å². The molecule has 1 aliphatic carbocycles. The highest BCUT2D eigenvalue weighted by Crippen LogP contribution is 2.29. The molecule has 1 saturated carbocycles. The van der Waals surface area contributed by atoms with E-state index in [4.69, 9.17) is 0 Å². The van der Waals surface area contributed by atoms with E-state index in [1.165, 1.54) is 25.9 Å². The molecule has 2 fully saturated rings. The van der Waals surface area contributed by atoms with Crippen molar-refractivity contribution in [3.05, 3.63) is 0 Å². The predicted octanol–water partition coefficient (Wildman–Crippen LogP) is 1.67. The Morgan fingerprint density at radius 2 is 1.77 bits per heavy atom. The van der Waals surface area contributed by atoms with Crippen LogP contribution in [0.5, 0.6) is 0 Å². The Morgan fingerprint density at radius 1 is 1.15 bits per heavy atom. The van der Waals surface area contributed by atoms with Gasteiger partial charge in [0.25, 0.3) is 0 Å². The summed E-state index contributed by atoms with van der Waals surface area (Å²) in [7, 11) is 0. The van der Waals surface area contributed by atoms with Crippen molar-refractivity contribution in [2.24, 2.45) is 0 Å². The van der Waals surface area contributed by atoms with Crippen LogP contribution in [0.25, 0.3) is 0 Å². The third kappa shape index (κ3) is 3.28. The Balaban J connectivity index is 0.000000720. The van der Waals surface area contributed by atoms with E-state index in [1.807, 2.05) is 0 Å². The molecular formula is C9H20Cl2N2. The number of nitrogens with zero attached hydrogens (tertiary/aromatic N) is 1. The van der Waals surface area contributed by atoms with Gasteiger partial charge in [-0.3, -0.25) is 4.90 Å². The van der Waals surface area contributed by atoms with E-state index < -0.39 is 0 Å². The zero-order valence-electron chi connectivity index (χ0n) is 8.32. The second-order valence-corrected chi connectivity index (χ2v) is 4.09. The number of halogens is 2. The summed E-state index contributed by atoms with van der Waals surface area (Å²) in [5.41, 5.74) is 0. The summed E-state index contributed by atoms with van der Waals surface area (Å²) in [6.07, 6.45) is 2.88. The number of hydrogen-bond acceptors (Lipinski definition) is 2. The van der Waals surface area contributed by atoms with Gasteiger partial charge in [0, 0.05) is 31.2 Å². The van der Waals surface area contributed by atoms with Gasteiger partial charge in [-0.2, -0.15) is 0 Å². The van der Waals surface area contributed by atoms with Gasteiger partial charge in [0.05, 0.1) is 0 Å². The van der Waals surface area contributed by atoms with E-state index in [0.717, 1.165) is 12.1 Å². The average molecular weight is 227 g/mol. The number of hydrogen-bond donors (Lipinski definition) is 1. The summed E-state index contributed by atoms with van der Waals surface area (Å²) < 4.78 is 0. The van der Waals surface area contributed by atoms with Crippen LogP contribution >= 0.6 is 24.8 Å². The van der Waals surface area contributed by atoms with E-state index in [9.17, 15) is 0 Å². The average Bonchev–Trinajstić information content (AvgIpc) is 2.76. The van der Waals surface area contributed by atoms with Gasteiger partial charge in [-0.1, -0.05) is 0 Å². The van der Waals surface area contributed by atoms with Crippen molar-refractivity contribution < 1.29 is 0 Å². The fourth-order valence-electron chi connectivity index (χ4n) is 1.96. The molecule has 2 nitrogen and oxygen atoms in total. The first-order chi connectivity index (χ1) is 5.27. The molecule has 0 bridgehead atoms. The fraction of sp³-hybridized carbons (Fsp3) is 1.00. The summed E-state index contributed by atoms with van der Waals surface area (Å²) in [6, 6.07) is 2.40. The van der Waals surface area contributed by atoms with E-state index in [2.05, 4.69) is 24.1 Å². The second-order valence-electron chi connectivity index (χ2n) is 4.09. The summed E-state index contributed by atoms with van der Waals surface area (Å²) >= 11 is 0. The largest absolute Gasteiger partial charge is 0.311 e. The Kier molecular flexibility index (Phi) is 5.61. The Hall–Kier alpha value is 0.500. The third-order valence-electron chi connectivity index (χ3n) is 2.83. The van der Waals surface area contributed by atoms with Crippen LogP contribution in [-0.4, -0.2) is 36.1 Å². The van der Waals surface area contributed by atoms with Gasteiger partial charge in [-0.15, -0.1) is 24.8 Å². The van der Waals surface area contributed by atoms with Crippen molar-refractivity contribution in [1.82, 2.24) is 10.2 Å². The van der Waals surface area contributed by atoms with Crippen molar-refractivity contribution >= 4 is 24.8 Å². The first-order valence-corrected chi connectivity index (χ1v) is 4.76. The van der Waals surface area contributed by atoms with E-state index in [0.29, 0.717) is 6.04 Å². The minimum Gasteiger partial charge on any atom is -0.311 e. The Bertz CT molecular complexity index is 151. The van der Waals surface area contributed by atoms with E-state index in [-0.39, 0.29) is 24.8 Å². The molecule has 0 radical (unpaired) electrons. The molecule has 1 saturated heterocycles. The monoisotopic (exact) mass is 226 g/mol. The van der Waals surface area contributed by atoms with Crippen LogP contribution in [-0.2, 0) is 0 Å². The van der Waals surface area contributed by atoms with Crippen LogP contribution in [0, 0.1) is 0 Å². The van der Waals surface area contributed by atoms with Crippen molar-refractivity contribution in [2.75, 3.05) is 13.1 Å². The lowest BCUT2D eigenvalue weighted by Gasteiger charge is -2.37. The Labute approximate surface area is 93.3 Å². The zero-order valence-corrected chi connectivity index (χ0v) is 9.96. The molecule has 2 atom stereocenters. The minimum absolute atomic E-state index is 0. The van der Waals surface area contributed by atoms with Crippen LogP contribution in [0.1, 0.15) is 26.7 Å². The second kappa shape index (κ2) is 5.40. The third-order valence-corrected chi connectivity index (χ3v) is 2.83. The lowest BCUT2D eigenvalue weighted by atomic mass is 10.1. The first-order valence-electron chi connectivity index (χ1n) is 4.76. The first kappa shape index (κ1) is 13.5. The quantitative estimate of drug-likeness (QED) is 0.733. The molecule has 2 aliphatic rings. The number of nitrogens with one attached hydrogen (secondary N) is 1. The minimum atomic E-state index is 0. The zero-order chi connectivity index (χ0) is 7.84. The van der Waals surface area contributed by atoms with Crippen LogP contribution < -0.4 is 5.32 Å². The molecular weight excluding hydrogens is 207 g/mol. The molecule has 4 heteroatoms. The van der Waals surface area contributed by atoms with E-state index in [1.54, 1.807) is 0 Å². The summed E-state index contributed by atoms with van der Waals surface area (Å²) in [4.78, 5) is 2.67. The lowest BCUT2D eigenvalue weighted by Crippen LogP contribution is -2.54. The van der Waals surface area contributed by atoms with Crippen LogP contribution in [0.2, 0.25) is 0 Å². The molecule has 0 unspecified atom stereocenters. The standard InChI is InChI=1S/C9H18N2.2ClH/c1-7-6-11(9-3-4-9)8(2)5-10-7;;/h7-10H,3-6H2,1-2H3;2*1H/t7-,8+;;/m1../s1. The predicted molar refractivity (Wildman–Crippen MR) is 61.2 cm³/mol. The van der Waals surface area contributed by atoms with Crippen LogP contribution in [0.3, 0.4) is 0 Å². The molecule has 0 spiro atoms. The van der Waals surface area contributed by atoms with Crippen molar-refractivity contribution in [3.8, 4) is 0 Å². The number of piperazine rings is 1. The molecule has 1 aliphatic heterocycles. The van der Waals surface area contributed by atoms with Crippen LogP contribution in [0.4, 0.5) is 0 Å². The lowest BCUT2D eigenvalue weighted by molar-refractivity contribution is 0.138. The smallest absolute Gasteiger partial charge is 0.0196 e. The number of rotatable bonds is 1. The maximum absolute atomic E-state index is 3.50. The maximum Gasteiger partial charge on any atom is 0.0196 e. The molecule has 13 heavy (non-hydrogen) atoms. The SMILES string of the molecule is C[C@@H]1CN(C2CC2)[C@@H](C)CN1.Cl.Cl. The summed E-state index contributed by atoms with van der Waals surface area (Å²) in [5.74, 6) is 0. The van der Waals surface area contributed by atoms with Gasteiger partial charge in [0.1, 0.15) is 0 Å². The molecule has 0 amide bonds. The molecule has 0 aromatic rings. The van der Waals surface area contributed by atoms with Crippen LogP contribution in [0.15, 0.2) is 0 Å². The molecule has 2 rings (SSSR count).